The summed E-state index contributed by atoms with van der Waals surface area (Å²) < 4.78 is 5.01. The second-order valence-electron chi connectivity index (χ2n) is 5.23. The van der Waals surface area contributed by atoms with E-state index in [1.165, 1.54) is 17.7 Å². The Hall–Kier alpha value is -1.06. The van der Waals surface area contributed by atoms with Crippen molar-refractivity contribution in [1.29, 1.82) is 0 Å². The molecule has 0 aliphatic heterocycles. The summed E-state index contributed by atoms with van der Waals surface area (Å²) in [5, 5.41) is 3.35. The van der Waals surface area contributed by atoms with Gasteiger partial charge in [0, 0.05) is 39.5 Å². The molecule has 0 amide bonds. The fourth-order valence-corrected chi connectivity index (χ4v) is 1.98. The smallest absolute Gasteiger partial charge is 0.0587 e. The summed E-state index contributed by atoms with van der Waals surface area (Å²) in [5.41, 5.74) is 2.61. The fraction of sp³-hybridized carbons (Fsp3) is 0.625. The number of hydrogen-bond donors (Lipinski definition) is 1. The zero-order valence-corrected chi connectivity index (χ0v) is 12.8. The molecule has 0 saturated carbocycles. The average molecular weight is 264 g/mol. The minimum absolute atomic E-state index is 0.736. The van der Waals surface area contributed by atoms with Crippen LogP contribution in [0.5, 0.6) is 0 Å². The van der Waals surface area contributed by atoms with Crippen molar-refractivity contribution < 1.29 is 4.74 Å². The predicted octanol–water partition coefficient (Wildman–Crippen LogP) is 2.90. The van der Waals surface area contributed by atoms with E-state index in [1.54, 1.807) is 7.11 Å². The molecular weight excluding hydrogens is 236 g/mol. The Bertz CT molecular complexity index is 337. The number of benzene rings is 1. The predicted molar refractivity (Wildman–Crippen MR) is 82.7 cm³/mol. The molecule has 3 heteroatoms. The number of nitrogens with zero attached hydrogens (tertiary/aromatic N) is 1. The Labute approximate surface area is 118 Å². The number of nitrogens with one attached hydrogen (secondary N) is 1. The maximum Gasteiger partial charge on any atom is 0.0587 e. The van der Waals surface area contributed by atoms with Gasteiger partial charge in [-0.3, -0.25) is 0 Å². The van der Waals surface area contributed by atoms with Gasteiger partial charge in [-0.25, -0.2) is 0 Å². The van der Waals surface area contributed by atoms with Gasteiger partial charge < -0.3 is 15.0 Å². The van der Waals surface area contributed by atoms with Crippen LogP contribution in [0.2, 0.25) is 0 Å². The zero-order valence-electron chi connectivity index (χ0n) is 12.8. The van der Waals surface area contributed by atoms with Gasteiger partial charge in [0.1, 0.15) is 0 Å². The molecule has 0 heterocycles. The van der Waals surface area contributed by atoms with Crippen LogP contribution < -0.4 is 10.2 Å². The van der Waals surface area contributed by atoms with E-state index < -0.39 is 0 Å². The van der Waals surface area contributed by atoms with E-state index in [2.05, 4.69) is 55.4 Å². The topological polar surface area (TPSA) is 24.5 Å². The normalized spacial score (nSPS) is 12.4. The number of hydrogen-bond acceptors (Lipinski definition) is 3. The van der Waals surface area contributed by atoms with Crippen LogP contribution in [0, 0.1) is 5.92 Å². The first-order valence-electron chi connectivity index (χ1n) is 7.17. The molecule has 0 aliphatic carbocycles. The van der Waals surface area contributed by atoms with Gasteiger partial charge in [-0.1, -0.05) is 32.4 Å². The summed E-state index contributed by atoms with van der Waals surface area (Å²) in [4.78, 5) is 2.33. The summed E-state index contributed by atoms with van der Waals surface area (Å²) in [7, 11) is 3.89. The molecule has 3 nitrogen and oxygen atoms in total. The lowest BCUT2D eigenvalue weighted by atomic mass is 10.1. The highest BCUT2D eigenvalue weighted by atomic mass is 16.5. The van der Waals surface area contributed by atoms with Crippen molar-refractivity contribution in [3.05, 3.63) is 29.8 Å². The first-order valence-corrected chi connectivity index (χ1v) is 7.17. The number of rotatable bonds is 9. The molecule has 1 rings (SSSR count). The van der Waals surface area contributed by atoms with Gasteiger partial charge in [0.05, 0.1) is 6.61 Å². The first-order chi connectivity index (χ1) is 9.17. The van der Waals surface area contributed by atoms with Crippen molar-refractivity contribution in [2.75, 3.05) is 38.8 Å². The number of ether oxygens (including phenoxy) is 1. The Morgan fingerprint density at radius 1 is 1.26 bits per heavy atom. The lowest BCUT2D eigenvalue weighted by molar-refractivity contribution is 0.199. The molecule has 0 aliphatic rings. The van der Waals surface area contributed by atoms with E-state index in [9.17, 15) is 0 Å². The van der Waals surface area contributed by atoms with Crippen LogP contribution in [0.4, 0.5) is 5.69 Å². The van der Waals surface area contributed by atoms with Crippen LogP contribution in [-0.2, 0) is 11.3 Å². The Balaban J connectivity index is 2.42. The van der Waals surface area contributed by atoms with Crippen LogP contribution in [-0.4, -0.2) is 33.9 Å². The lowest BCUT2D eigenvalue weighted by Gasteiger charge is -2.23. The molecule has 1 atom stereocenters. The van der Waals surface area contributed by atoms with Gasteiger partial charge in [-0.15, -0.1) is 0 Å². The molecular formula is C16H28N2O. The van der Waals surface area contributed by atoms with Gasteiger partial charge >= 0.3 is 0 Å². The summed E-state index contributed by atoms with van der Waals surface area (Å²) in [6.07, 6.45) is 1.23. The van der Waals surface area contributed by atoms with Crippen molar-refractivity contribution >= 4 is 5.69 Å². The van der Waals surface area contributed by atoms with Gasteiger partial charge in [0.15, 0.2) is 0 Å². The number of methoxy groups -OCH3 is 1. The highest BCUT2D eigenvalue weighted by Gasteiger charge is 2.05. The van der Waals surface area contributed by atoms with Gasteiger partial charge in [-0.2, -0.15) is 0 Å². The van der Waals surface area contributed by atoms with E-state index in [0.717, 1.165) is 32.2 Å². The van der Waals surface area contributed by atoms with Crippen molar-refractivity contribution in [1.82, 2.24) is 5.32 Å². The minimum Gasteiger partial charge on any atom is -0.383 e. The first kappa shape index (κ1) is 16.0. The largest absolute Gasteiger partial charge is 0.383 e. The molecule has 0 bridgehead atoms. The van der Waals surface area contributed by atoms with E-state index in [0.29, 0.717) is 0 Å². The highest BCUT2D eigenvalue weighted by Crippen LogP contribution is 2.16. The third-order valence-electron chi connectivity index (χ3n) is 3.47. The summed E-state index contributed by atoms with van der Waals surface area (Å²) >= 11 is 0. The molecule has 0 radical (unpaired) electrons. The van der Waals surface area contributed by atoms with Gasteiger partial charge in [0.2, 0.25) is 0 Å². The molecule has 108 valence electrons. The molecule has 1 aromatic rings. The van der Waals surface area contributed by atoms with Crippen molar-refractivity contribution in [2.24, 2.45) is 5.92 Å². The van der Waals surface area contributed by atoms with E-state index >= 15 is 0 Å². The number of anilines is 1. The van der Waals surface area contributed by atoms with E-state index in [1.807, 2.05) is 0 Å². The Morgan fingerprint density at radius 2 is 1.95 bits per heavy atom. The third-order valence-corrected chi connectivity index (χ3v) is 3.47. The Kier molecular flexibility index (Phi) is 7.53. The fourth-order valence-electron chi connectivity index (χ4n) is 1.98. The summed E-state index contributed by atoms with van der Waals surface area (Å²) in [5.74, 6) is 0.736. The van der Waals surface area contributed by atoms with Crippen molar-refractivity contribution in [3.8, 4) is 0 Å². The zero-order chi connectivity index (χ0) is 14.1. The summed E-state index contributed by atoms with van der Waals surface area (Å²) in [6, 6.07) is 8.80. The summed E-state index contributed by atoms with van der Waals surface area (Å²) in [6.45, 7) is 8.21. The molecule has 0 aromatic heterocycles. The molecule has 0 fully saturated rings. The van der Waals surface area contributed by atoms with Gasteiger partial charge in [0.25, 0.3) is 0 Å². The molecule has 1 unspecified atom stereocenters. The van der Waals surface area contributed by atoms with Crippen molar-refractivity contribution in [2.45, 2.75) is 26.8 Å². The quantitative estimate of drug-likeness (QED) is 0.694. The molecule has 1 N–H and O–H groups in total. The average Bonchev–Trinajstić information content (AvgIpc) is 2.44. The maximum absolute atomic E-state index is 5.01. The van der Waals surface area contributed by atoms with Crippen LogP contribution in [0.25, 0.3) is 0 Å². The monoisotopic (exact) mass is 264 g/mol. The SMILES string of the molecule is CCC(C)CN(C)c1ccc(CNCCOC)cc1. The molecule has 19 heavy (non-hydrogen) atoms. The maximum atomic E-state index is 5.01. The van der Waals surface area contributed by atoms with Gasteiger partial charge in [-0.05, 0) is 23.6 Å². The van der Waals surface area contributed by atoms with Crippen LogP contribution >= 0.6 is 0 Å². The third kappa shape index (κ3) is 6.08. The van der Waals surface area contributed by atoms with Crippen LogP contribution in [0.3, 0.4) is 0 Å². The van der Waals surface area contributed by atoms with Crippen molar-refractivity contribution in [3.63, 3.8) is 0 Å². The molecule has 1 aromatic carbocycles. The highest BCUT2D eigenvalue weighted by molar-refractivity contribution is 5.46. The minimum atomic E-state index is 0.736. The molecule has 0 spiro atoms. The van der Waals surface area contributed by atoms with E-state index in [-0.39, 0.29) is 0 Å². The second-order valence-corrected chi connectivity index (χ2v) is 5.23. The van der Waals surface area contributed by atoms with Crippen LogP contribution in [0.1, 0.15) is 25.8 Å². The van der Waals surface area contributed by atoms with E-state index in [4.69, 9.17) is 4.74 Å². The molecule has 0 saturated heterocycles. The standard InChI is InChI=1S/C16H28N2O/c1-5-14(2)13-18(3)16-8-6-15(7-9-16)12-17-10-11-19-4/h6-9,14,17H,5,10-13H2,1-4H3. The lowest BCUT2D eigenvalue weighted by Crippen LogP contribution is -2.23. The second kappa shape index (κ2) is 8.94. The Morgan fingerprint density at radius 3 is 2.53 bits per heavy atom. The van der Waals surface area contributed by atoms with Crippen LogP contribution in [0.15, 0.2) is 24.3 Å².